The molecule has 27 heavy (non-hydrogen) atoms. The van der Waals surface area contributed by atoms with E-state index in [-0.39, 0.29) is 33.6 Å². The molecule has 0 bridgehead atoms. The van der Waals surface area contributed by atoms with Gasteiger partial charge in [0.1, 0.15) is 11.4 Å². The highest BCUT2D eigenvalue weighted by Gasteiger charge is 2.21. The van der Waals surface area contributed by atoms with Gasteiger partial charge in [0.25, 0.3) is 11.8 Å². The number of methoxy groups -OCH3 is 1. The number of nitrogens with zero attached hydrogens (tertiary/aromatic N) is 2. The van der Waals surface area contributed by atoms with Crippen LogP contribution in [-0.4, -0.2) is 47.9 Å². The number of esters is 1. The number of pyridine rings is 1. The van der Waals surface area contributed by atoms with Crippen LogP contribution >= 0.6 is 11.6 Å². The summed E-state index contributed by atoms with van der Waals surface area (Å²) in [5, 5.41) is 2.88. The largest absolute Gasteiger partial charge is 0.465 e. The van der Waals surface area contributed by atoms with Crippen molar-refractivity contribution in [2.45, 2.75) is 12.8 Å². The van der Waals surface area contributed by atoms with Crippen molar-refractivity contribution < 1.29 is 19.1 Å². The van der Waals surface area contributed by atoms with Crippen LogP contribution < -0.4 is 5.32 Å². The molecular formula is C19H18ClN3O4. The van der Waals surface area contributed by atoms with Crippen LogP contribution in [0, 0.1) is 0 Å². The molecule has 1 fully saturated rings. The number of carbonyl (C=O) groups excluding carboxylic acids is 3. The lowest BCUT2D eigenvalue weighted by molar-refractivity contribution is 0.0600. The molecular weight excluding hydrogens is 370 g/mol. The Bertz CT molecular complexity index is 894. The molecule has 7 nitrogen and oxygen atoms in total. The van der Waals surface area contributed by atoms with Gasteiger partial charge in [0.05, 0.1) is 23.4 Å². The maximum atomic E-state index is 12.5. The summed E-state index contributed by atoms with van der Waals surface area (Å²) in [6, 6.07) is 9.11. The lowest BCUT2D eigenvalue weighted by Gasteiger charge is -2.15. The molecule has 1 N–H and O–H groups in total. The first-order valence-corrected chi connectivity index (χ1v) is 8.83. The van der Waals surface area contributed by atoms with Crippen molar-refractivity contribution >= 4 is 35.1 Å². The Kier molecular flexibility index (Phi) is 5.71. The predicted molar refractivity (Wildman–Crippen MR) is 100 cm³/mol. The number of amides is 2. The first-order valence-electron chi connectivity index (χ1n) is 8.45. The zero-order chi connectivity index (χ0) is 19.4. The summed E-state index contributed by atoms with van der Waals surface area (Å²) < 4.78 is 4.66. The number of hydrogen-bond acceptors (Lipinski definition) is 5. The fourth-order valence-corrected chi connectivity index (χ4v) is 2.98. The van der Waals surface area contributed by atoms with E-state index in [2.05, 4.69) is 15.0 Å². The van der Waals surface area contributed by atoms with Crippen LogP contribution in [0.1, 0.15) is 44.2 Å². The summed E-state index contributed by atoms with van der Waals surface area (Å²) in [6.45, 7) is 1.40. The summed E-state index contributed by atoms with van der Waals surface area (Å²) in [5.41, 5.74) is 0.810. The number of hydrogen-bond donors (Lipinski definition) is 1. The average Bonchev–Trinajstić information content (AvgIpc) is 3.23. The van der Waals surface area contributed by atoms with E-state index in [9.17, 15) is 14.4 Å². The van der Waals surface area contributed by atoms with Gasteiger partial charge in [0.2, 0.25) is 0 Å². The molecule has 0 spiro atoms. The second-order valence-corrected chi connectivity index (χ2v) is 6.45. The number of rotatable bonds is 4. The number of anilines is 1. The minimum Gasteiger partial charge on any atom is -0.465 e. The van der Waals surface area contributed by atoms with E-state index >= 15 is 0 Å². The first-order chi connectivity index (χ1) is 13.0. The van der Waals surface area contributed by atoms with E-state index in [1.807, 2.05) is 0 Å². The fourth-order valence-electron chi connectivity index (χ4n) is 2.81. The summed E-state index contributed by atoms with van der Waals surface area (Å²) >= 11 is 6.10. The van der Waals surface area contributed by atoms with Crippen LogP contribution in [0.15, 0.2) is 36.4 Å². The third-order valence-corrected chi connectivity index (χ3v) is 4.56. The normalized spacial score (nSPS) is 13.3. The van der Waals surface area contributed by atoms with E-state index < -0.39 is 11.9 Å². The van der Waals surface area contributed by atoms with E-state index in [0.717, 1.165) is 12.8 Å². The van der Waals surface area contributed by atoms with Gasteiger partial charge < -0.3 is 15.0 Å². The lowest BCUT2D eigenvalue weighted by Crippen LogP contribution is -2.29. The highest BCUT2D eigenvalue weighted by molar-refractivity contribution is 6.34. The second kappa shape index (κ2) is 8.18. The molecule has 1 aliphatic heterocycles. The van der Waals surface area contributed by atoms with Crippen LogP contribution in [0.5, 0.6) is 0 Å². The van der Waals surface area contributed by atoms with E-state index in [1.165, 1.54) is 31.4 Å². The Hall–Kier alpha value is -2.93. The van der Waals surface area contributed by atoms with Gasteiger partial charge in [-0.25, -0.2) is 9.78 Å². The maximum absolute atomic E-state index is 12.5. The van der Waals surface area contributed by atoms with Crippen LogP contribution in [-0.2, 0) is 4.74 Å². The minimum absolute atomic E-state index is 0.0829. The number of nitrogens with one attached hydrogen (secondary N) is 1. The predicted octanol–water partition coefficient (Wildman–Crippen LogP) is 3.01. The van der Waals surface area contributed by atoms with Crippen LogP contribution in [0.2, 0.25) is 5.02 Å². The van der Waals surface area contributed by atoms with Crippen LogP contribution in [0.4, 0.5) is 5.69 Å². The summed E-state index contributed by atoms with van der Waals surface area (Å²) in [4.78, 5) is 42.5. The van der Waals surface area contributed by atoms with Gasteiger partial charge in [-0.15, -0.1) is 0 Å². The number of ether oxygens (including phenoxy) is 1. The Morgan fingerprint density at radius 3 is 2.52 bits per heavy atom. The number of aromatic nitrogens is 1. The standard InChI is InChI=1S/C19H18ClN3O4/c1-27-19(26)12-7-8-13(20)16(11-12)22-17(24)14-5-4-6-15(21-14)18(25)23-9-2-3-10-23/h4-8,11H,2-3,9-10H2,1H3,(H,22,24). The van der Waals surface area contributed by atoms with Gasteiger partial charge >= 0.3 is 5.97 Å². The van der Waals surface area contributed by atoms with Crippen molar-refractivity contribution in [3.8, 4) is 0 Å². The molecule has 0 unspecified atom stereocenters. The van der Waals surface area contributed by atoms with Crippen molar-refractivity contribution in [1.29, 1.82) is 0 Å². The van der Waals surface area contributed by atoms with Crippen LogP contribution in [0.25, 0.3) is 0 Å². The molecule has 0 saturated carbocycles. The molecule has 2 heterocycles. The maximum Gasteiger partial charge on any atom is 0.337 e. The van der Waals surface area contributed by atoms with Gasteiger partial charge in [-0.2, -0.15) is 0 Å². The topological polar surface area (TPSA) is 88.6 Å². The molecule has 2 amide bonds. The zero-order valence-corrected chi connectivity index (χ0v) is 15.5. The molecule has 3 rings (SSSR count). The second-order valence-electron chi connectivity index (χ2n) is 6.05. The van der Waals surface area contributed by atoms with Gasteiger partial charge in [0, 0.05) is 13.1 Å². The SMILES string of the molecule is COC(=O)c1ccc(Cl)c(NC(=O)c2cccc(C(=O)N3CCCC3)n2)c1. The Morgan fingerprint density at radius 2 is 1.81 bits per heavy atom. The van der Waals surface area contributed by atoms with Crippen molar-refractivity contribution in [2.75, 3.05) is 25.5 Å². The first kappa shape index (κ1) is 18.8. The number of likely N-dealkylation sites (tertiary alicyclic amines) is 1. The Labute approximate surface area is 161 Å². The Morgan fingerprint density at radius 1 is 1.11 bits per heavy atom. The molecule has 1 aromatic heterocycles. The molecule has 140 valence electrons. The smallest absolute Gasteiger partial charge is 0.337 e. The van der Waals surface area contributed by atoms with Gasteiger partial charge in [-0.05, 0) is 43.2 Å². The molecule has 2 aromatic rings. The highest BCUT2D eigenvalue weighted by Crippen LogP contribution is 2.24. The number of carbonyl (C=O) groups is 3. The number of benzene rings is 1. The Balaban J connectivity index is 1.79. The van der Waals surface area contributed by atoms with E-state index in [1.54, 1.807) is 17.0 Å². The molecule has 0 aliphatic carbocycles. The molecule has 1 saturated heterocycles. The van der Waals surface area contributed by atoms with Crippen LogP contribution in [0.3, 0.4) is 0 Å². The van der Waals surface area contributed by atoms with Crippen molar-refractivity contribution in [2.24, 2.45) is 0 Å². The third-order valence-electron chi connectivity index (χ3n) is 4.23. The lowest BCUT2D eigenvalue weighted by atomic mass is 10.2. The molecule has 1 aromatic carbocycles. The van der Waals surface area contributed by atoms with E-state index in [0.29, 0.717) is 13.1 Å². The highest BCUT2D eigenvalue weighted by atomic mass is 35.5. The number of halogens is 1. The molecule has 0 atom stereocenters. The molecule has 8 heteroatoms. The van der Waals surface area contributed by atoms with Gasteiger partial charge in [-0.1, -0.05) is 17.7 Å². The van der Waals surface area contributed by atoms with E-state index in [4.69, 9.17) is 11.6 Å². The minimum atomic E-state index is -0.543. The monoisotopic (exact) mass is 387 g/mol. The third kappa shape index (κ3) is 4.25. The van der Waals surface area contributed by atoms with Crippen molar-refractivity contribution in [3.63, 3.8) is 0 Å². The van der Waals surface area contributed by atoms with Crippen molar-refractivity contribution in [3.05, 3.63) is 58.4 Å². The van der Waals surface area contributed by atoms with Gasteiger partial charge in [0.15, 0.2) is 0 Å². The fraction of sp³-hybridized carbons (Fsp3) is 0.263. The quantitative estimate of drug-likeness (QED) is 0.814. The molecule has 1 aliphatic rings. The summed E-state index contributed by atoms with van der Waals surface area (Å²) in [5.74, 6) is -1.26. The summed E-state index contributed by atoms with van der Waals surface area (Å²) in [7, 11) is 1.27. The van der Waals surface area contributed by atoms with Gasteiger partial charge in [-0.3, -0.25) is 9.59 Å². The molecule has 0 radical (unpaired) electrons. The summed E-state index contributed by atoms with van der Waals surface area (Å²) in [6.07, 6.45) is 1.95. The average molecular weight is 388 g/mol. The van der Waals surface area contributed by atoms with Crippen molar-refractivity contribution in [1.82, 2.24) is 9.88 Å². The zero-order valence-electron chi connectivity index (χ0n) is 14.7.